The Bertz CT molecular complexity index is 1260. The number of aromatic carboxylic acids is 1. The van der Waals surface area contributed by atoms with Crippen LogP contribution in [-0.2, 0) is 10.9 Å². The molecule has 2 fully saturated rings. The van der Waals surface area contributed by atoms with Crippen molar-refractivity contribution in [2.24, 2.45) is 0 Å². The van der Waals surface area contributed by atoms with E-state index in [-0.39, 0.29) is 23.7 Å². The fourth-order valence-corrected chi connectivity index (χ4v) is 4.46. The fraction of sp³-hybridized carbons (Fsp3) is 0.458. The zero-order valence-corrected chi connectivity index (χ0v) is 19.7. The van der Waals surface area contributed by atoms with E-state index < -0.39 is 17.7 Å². The maximum Gasteiger partial charge on any atom is 0.419 e. The second kappa shape index (κ2) is 10.3. The lowest BCUT2D eigenvalue weighted by Gasteiger charge is -2.31. The molecule has 5 rings (SSSR count). The first-order valence-electron chi connectivity index (χ1n) is 12.0. The second-order valence-electron chi connectivity index (χ2n) is 9.01. The lowest BCUT2D eigenvalue weighted by atomic mass is 9.93. The van der Waals surface area contributed by atoms with Gasteiger partial charge in [-0.05, 0) is 31.7 Å². The highest BCUT2D eigenvalue weighted by Crippen LogP contribution is 2.32. The molecule has 1 aliphatic carbocycles. The molecule has 2 aliphatic rings. The van der Waals surface area contributed by atoms with Crippen LogP contribution < -0.4 is 15.0 Å². The van der Waals surface area contributed by atoms with Crippen molar-refractivity contribution in [1.82, 2.24) is 19.9 Å². The molecule has 0 aromatic carbocycles. The second-order valence-corrected chi connectivity index (χ2v) is 9.01. The number of anilines is 2. The molecule has 0 amide bonds. The van der Waals surface area contributed by atoms with E-state index in [9.17, 15) is 23.1 Å². The number of carbonyl (C=O) groups is 1. The van der Waals surface area contributed by atoms with Gasteiger partial charge in [-0.1, -0.05) is 0 Å². The molecule has 0 radical (unpaired) electrons. The summed E-state index contributed by atoms with van der Waals surface area (Å²) >= 11 is 0. The summed E-state index contributed by atoms with van der Waals surface area (Å²) in [7, 11) is 0. The Balaban J connectivity index is 1.29. The minimum absolute atomic E-state index is 0.0127. The topological polar surface area (TPSA) is 123 Å². The molecule has 0 unspecified atom stereocenters. The van der Waals surface area contributed by atoms with Gasteiger partial charge in [0.05, 0.1) is 35.2 Å². The average Bonchev–Trinajstić information content (AvgIpc) is 2.90. The molecule has 10 nitrogen and oxygen atoms in total. The van der Waals surface area contributed by atoms with Crippen LogP contribution in [0.3, 0.4) is 0 Å². The van der Waals surface area contributed by atoms with Gasteiger partial charge in [-0.15, -0.1) is 0 Å². The van der Waals surface area contributed by atoms with Gasteiger partial charge in [0.25, 0.3) is 0 Å². The van der Waals surface area contributed by atoms with Crippen LogP contribution in [0, 0.1) is 0 Å². The molecule has 37 heavy (non-hydrogen) atoms. The number of hydrogen-bond acceptors (Lipinski definition) is 9. The van der Waals surface area contributed by atoms with Crippen LogP contribution in [0.2, 0.25) is 0 Å². The van der Waals surface area contributed by atoms with Gasteiger partial charge in [0, 0.05) is 43.8 Å². The zero-order valence-electron chi connectivity index (χ0n) is 19.7. The number of pyridine rings is 2. The number of morpholine rings is 1. The van der Waals surface area contributed by atoms with E-state index in [4.69, 9.17) is 14.5 Å². The molecule has 4 heterocycles. The van der Waals surface area contributed by atoms with Crippen molar-refractivity contribution in [3.63, 3.8) is 0 Å². The molecular formula is C24H25F3N6O4. The standard InChI is InChI=1S/C24H25F3N6O4/c25-24(26,27)15-12-29-23(30-13-15)31-16-1-3-17(4-2-16)37-21-18-9-14(22(34)35)11-28-19(18)10-20(32-21)33-5-7-36-8-6-33/h9-13,16-17H,1-8H2,(H,34,35)(H,29,30,31). The van der Waals surface area contributed by atoms with E-state index in [1.54, 1.807) is 0 Å². The monoisotopic (exact) mass is 518 g/mol. The summed E-state index contributed by atoms with van der Waals surface area (Å²) in [6.07, 6.45) is 0.900. The number of carboxylic acids is 1. The number of fused-ring (bicyclic) bond motifs is 1. The third kappa shape index (κ3) is 5.82. The minimum Gasteiger partial charge on any atom is -0.478 e. The van der Waals surface area contributed by atoms with Crippen molar-refractivity contribution in [3.05, 3.63) is 41.9 Å². The highest BCUT2D eigenvalue weighted by molar-refractivity contribution is 5.94. The highest BCUT2D eigenvalue weighted by atomic mass is 19.4. The maximum absolute atomic E-state index is 12.7. The predicted molar refractivity (Wildman–Crippen MR) is 127 cm³/mol. The summed E-state index contributed by atoms with van der Waals surface area (Å²) in [6.45, 7) is 2.52. The SMILES string of the molecule is O=C(O)c1cnc2cc(N3CCOCC3)nc(OC3CCC(Nc4ncc(C(F)(F)F)cn4)CC3)c2c1. The smallest absolute Gasteiger partial charge is 0.419 e. The first-order chi connectivity index (χ1) is 17.8. The van der Waals surface area contributed by atoms with Crippen LogP contribution in [0.1, 0.15) is 41.6 Å². The van der Waals surface area contributed by atoms with Crippen LogP contribution in [-0.4, -0.2) is 69.5 Å². The number of nitrogens with zero attached hydrogens (tertiary/aromatic N) is 5. The van der Waals surface area contributed by atoms with Gasteiger partial charge in [-0.25, -0.2) is 14.8 Å². The van der Waals surface area contributed by atoms with Crippen molar-refractivity contribution >= 4 is 28.6 Å². The lowest BCUT2D eigenvalue weighted by molar-refractivity contribution is -0.138. The Morgan fingerprint density at radius 2 is 1.76 bits per heavy atom. The number of ether oxygens (including phenoxy) is 2. The summed E-state index contributed by atoms with van der Waals surface area (Å²) in [6, 6.07) is 3.33. The van der Waals surface area contributed by atoms with Crippen LogP contribution in [0.4, 0.5) is 24.9 Å². The van der Waals surface area contributed by atoms with Gasteiger partial charge in [-0.3, -0.25) is 4.98 Å². The number of hydrogen-bond donors (Lipinski definition) is 2. The third-order valence-corrected chi connectivity index (χ3v) is 6.48. The zero-order chi connectivity index (χ0) is 26.0. The maximum atomic E-state index is 12.7. The van der Waals surface area contributed by atoms with Crippen molar-refractivity contribution in [2.75, 3.05) is 36.5 Å². The van der Waals surface area contributed by atoms with Crippen LogP contribution in [0.25, 0.3) is 10.9 Å². The normalized spacial score (nSPS) is 20.6. The molecule has 13 heteroatoms. The molecule has 1 saturated carbocycles. The Morgan fingerprint density at radius 1 is 1.05 bits per heavy atom. The molecule has 2 N–H and O–H groups in total. The molecule has 196 valence electrons. The molecule has 1 aliphatic heterocycles. The number of rotatable bonds is 6. The summed E-state index contributed by atoms with van der Waals surface area (Å²) in [5, 5.41) is 13.0. The minimum atomic E-state index is -4.48. The highest BCUT2D eigenvalue weighted by Gasteiger charge is 2.31. The Morgan fingerprint density at radius 3 is 2.41 bits per heavy atom. The average molecular weight is 518 g/mol. The van der Waals surface area contributed by atoms with E-state index in [0.717, 1.165) is 12.4 Å². The summed E-state index contributed by atoms with van der Waals surface area (Å²) in [5.74, 6) is 0.0819. The van der Waals surface area contributed by atoms with Gasteiger partial charge in [0.2, 0.25) is 11.8 Å². The molecule has 0 spiro atoms. The van der Waals surface area contributed by atoms with Gasteiger partial charge < -0.3 is 24.8 Å². The molecule has 0 atom stereocenters. The summed E-state index contributed by atoms with van der Waals surface area (Å²) in [5.41, 5.74) is -0.260. The summed E-state index contributed by atoms with van der Waals surface area (Å²) < 4.78 is 49.9. The summed E-state index contributed by atoms with van der Waals surface area (Å²) in [4.78, 5) is 30.2. The molecule has 3 aromatic heterocycles. The molecule has 1 saturated heterocycles. The largest absolute Gasteiger partial charge is 0.478 e. The van der Waals surface area contributed by atoms with Gasteiger partial charge in [-0.2, -0.15) is 18.2 Å². The number of halogens is 3. The number of alkyl halides is 3. The van der Waals surface area contributed by atoms with Crippen molar-refractivity contribution in [3.8, 4) is 5.88 Å². The van der Waals surface area contributed by atoms with E-state index in [0.29, 0.717) is 74.6 Å². The van der Waals surface area contributed by atoms with Crippen molar-refractivity contribution in [1.29, 1.82) is 0 Å². The predicted octanol–water partition coefficient (Wildman–Crippen LogP) is 3.78. The van der Waals surface area contributed by atoms with Crippen LogP contribution in [0.5, 0.6) is 5.88 Å². The first-order valence-corrected chi connectivity index (χ1v) is 12.0. The number of aromatic nitrogens is 4. The van der Waals surface area contributed by atoms with E-state index in [1.807, 2.05) is 6.07 Å². The fourth-order valence-electron chi connectivity index (χ4n) is 4.46. The Kier molecular flexibility index (Phi) is 6.96. The van der Waals surface area contributed by atoms with Crippen LogP contribution in [0.15, 0.2) is 30.7 Å². The molecular weight excluding hydrogens is 493 g/mol. The number of nitrogens with one attached hydrogen (secondary N) is 1. The van der Waals surface area contributed by atoms with Gasteiger partial charge in [0.15, 0.2) is 0 Å². The van der Waals surface area contributed by atoms with E-state index in [1.165, 1.54) is 12.3 Å². The lowest BCUT2D eigenvalue weighted by Crippen LogP contribution is -2.37. The molecule has 3 aromatic rings. The quantitative estimate of drug-likeness (QED) is 0.499. The molecule has 0 bridgehead atoms. The van der Waals surface area contributed by atoms with Crippen molar-refractivity contribution < 1.29 is 32.5 Å². The van der Waals surface area contributed by atoms with Gasteiger partial charge in [0.1, 0.15) is 11.9 Å². The Hall–Kier alpha value is -3.74. The first kappa shape index (κ1) is 24.9. The van der Waals surface area contributed by atoms with Crippen molar-refractivity contribution in [2.45, 2.75) is 44.0 Å². The Labute approximate surface area is 209 Å². The third-order valence-electron chi connectivity index (χ3n) is 6.48. The van der Waals surface area contributed by atoms with E-state index >= 15 is 0 Å². The van der Waals surface area contributed by atoms with E-state index in [2.05, 4.69) is 25.2 Å². The number of carboxylic acid groups (broad SMARTS) is 1. The van der Waals surface area contributed by atoms with Gasteiger partial charge >= 0.3 is 12.1 Å². The van der Waals surface area contributed by atoms with Crippen LogP contribution >= 0.6 is 0 Å².